The van der Waals surface area contributed by atoms with Crippen molar-refractivity contribution in [1.82, 2.24) is 14.9 Å². The van der Waals surface area contributed by atoms with Gasteiger partial charge in [0.05, 0.1) is 30.8 Å². The Morgan fingerprint density at radius 3 is 2.69 bits per heavy atom. The van der Waals surface area contributed by atoms with Crippen LogP contribution in [0.4, 0.5) is 0 Å². The number of ether oxygens (including phenoxy) is 2. The van der Waals surface area contributed by atoms with Crippen LogP contribution in [-0.4, -0.2) is 29.7 Å². The highest BCUT2D eigenvalue weighted by Crippen LogP contribution is 2.28. The summed E-state index contributed by atoms with van der Waals surface area (Å²) in [5.74, 6) is 0.997. The predicted octanol–water partition coefficient (Wildman–Crippen LogP) is 2.25. The molecule has 1 N–H and O–H groups in total. The number of aryl methyl sites for hydroxylation is 2. The summed E-state index contributed by atoms with van der Waals surface area (Å²) in [7, 11) is 4.78. The fraction of sp³-hybridized carbons (Fsp3) is 0.278. The zero-order valence-electron chi connectivity index (χ0n) is 15.0. The topological polar surface area (TPSA) is 82.5 Å². The highest BCUT2D eigenvalue weighted by Gasteiger charge is 2.19. The molecule has 2 heterocycles. The van der Waals surface area contributed by atoms with Crippen molar-refractivity contribution in [3.8, 4) is 11.5 Å². The Bertz CT molecular complexity index is 1040. The van der Waals surface area contributed by atoms with E-state index in [1.54, 1.807) is 34.3 Å². The summed E-state index contributed by atoms with van der Waals surface area (Å²) in [6.07, 6.45) is 1.46. The number of aromatic nitrogens is 2. The third-order valence-corrected chi connectivity index (χ3v) is 5.32. The van der Waals surface area contributed by atoms with Gasteiger partial charge in [-0.2, -0.15) is 0 Å². The molecule has 8 heteroatoms. The summed E-state index contributed by atoms with van der Waals surface area (Å²) in [6, 6.07) is 5.46. The normalized spacial score (nSPS) is 10.8. The number of nitrogens with one attached hydrogen (secondary N) is 1. The van der Waals surface area contributed by atoms with Crippen molar-refractivity contribution in [3.05, 3.63) is 50.9 Å². The first kappa shape index (κ1) is 17.9. The molecule has 0 saturated heterocycles. The number of amides is 1. The van der Waals surface area contributed by atoms with Crippen LogP contribution >= 0.6 is 11.3 Å². The minimum absolute atomic E-state index is 0.150. The average molecular weight is 373 g/mol. The minimum Gasteiger partial charge on any atom is -0.493 e. The molecule has 2 aromatic heterocycles. The second-order valence-electron chi connectivity index (χ2n) is 5.77. The third-order valence-electron chi connectivity index (χ3n) is 4.12. The molecular weight excluding hydrogens is 354 g/mol. The van der Waals surface area contributed by atoms with Gasteiger partial charge < -0.3 is 19.4 Å². The van der Waals surface area contributed by atoms with Crippen LogP contribution in [0, 0.1) is 6.92 Å². The number of fused-ring (bicyclic) bond motifs is 1. The number of hydrogen-bond donors (Lipinski definition) is 1. The first-order valence-corrected chi connectivity index (χ1v) is 8.71. The maximum absolute atomic E-state index is 12.6. The minimum atomic E-state index is -0.234. The first-order valence-electron chi connectivity index (χ1n) is 7.90. The summed E-state index contributed by atoms with van der Waals surface area (Å²) >= 11 is 1.22. The van der Waals surface area contributed by atoms with Crippen LogP contribution in [0.1, 0.15) is 20.8 Å². The second kappa shape index (κ2) is 7.17. The smallest absolute Gasteiger partial charge is 0.262 e. The van der Waals surface area contributed by atoms with Crippen molar-refractivity contribution in [2.45, 2.75) is 13.5 Å². The molecule has 1 aromatic carbocycles. The number of nitrogens with zero attached hydrogens (tertiary/aromatic N) is 2. The van der Waals surface area contributed by atoms with E-state index < -0.39 is 0 Å². The van der Waals surface area contributed by atoms with Gasteiger partial charge in [0, 0.05) is 13.6 Å². The van der Waals surface area contributed by atoms with Crippen molar-refractivity contribution >= 4 is 27.5 Å². The summed E-state index contributed by atoms with van der Waals surface area (Å²) in [6.45, 7) is 2.10. The fourth-order valence-electron chi connectivity index (χ4n) is 2.68. The maximum atomic E-state index is 12.6. The van der Waals surface area contributed by atoms with E-state index >= 15 is 0 Å². The van der Waals surface area contributed by atoms with E-state index in [-0.39, 0.29) is 11.5 Å². The van der Waals surface area contributed by atoms with Crippen molar-refractivity contribution in [3.63, 3.8) is 0 Å². The van der Waals surface area contributed by atoms with Crippen LogP contribution in [-0.2, 0) is 13.6 Å². The molecule has 0 saturated carbocycles. The average Bonchev–Trinajstić information content (AvgIpc) is 2.99. The van der Waals surface area contributed by atoms with Crippen LogP contribution < -0.4 is 20.3 Å². The van der Waals surface area contributed by atoms with Crippen molar-refractivity contribution < 1.29 is 14.3 Å². The molecule has 7 nitrogen and oxygen atoms in total. The number of hydrogen-bond acceptors (Lipinski definition) is 6. The largest absolute Gasteiger partial charge is 0.493 e. The molecule has 0 radical (unpaired) electrons. The molecule has 0 fully saturated rings. The number of carbonyl (C=O) groups excluding carboxylic acids is 1. The summed E-state index contributed by atoms with van der Waals surface area (Å²) in [5.41, 5.74) is 1.38. The lowest BCUT2D eigenvalue weighted by Crippen LogP contribution is -2.23. The molecule has 0 atom stereocenters. The van der Waals surface area contributed by atoms with Gasteiger partial charge in [0.2, 0.25) is 0 Å². The molecule has 0 aliphatic carbocycles. The number of rotatable bonds is 5. The monoisotopic (exact) mass is 373 g/mol. The Morgan fingerprint density at radius 1 is 1.27 bits per heavy atom. The van der Waals surface area contributed by atoms with Gasteiger partial charge in [-0.05, 0) is 30.2 Å². The third kappa shape index (κ3) is 3.15. The number of thiophene rings is 1. The number of methoxy groups -OCH3 is 2. The molecule has 3 aromatic rings. The van der Waals surface area contributed by atoms with Gasteiger partial charge in [-0.1, -0.05) is 6.07 Å². The first-order chi connectivity index (χ1) is 12.5. The quantitative estimate of drug-likeness (QED) is 0.742. The lowest BCUT2D eigenvalue weighted by molar-refractivity contribution is 0.0954. The Labute approximate surface area is 154 Å². The van der Waals surface area contributed by atoms with E-state index in [1.165, 1.54) is 22.2 Å². The maximum Gasteiger partial charge on any atom is 0.262 e. The molecular formula is C18H19N3O4S. The fourth-order valence-corrected chi connectivity index (χ4v) is 3.73. The molecule has 0 bridgehead atoms. The SMILES string of the molecule is COc1ccc(CNC(=O)c2sc3ncn(C)c(=O)c3c2C)cc1OC. The molecule has 0 spiro atoms. The summed E-state index contributed by atoms with van der Waals surface area (Å²) in [5, 5.41) is 3.37. The number of benzene rings is 1. The molecule has 26 heavy (non-hydrogen) atoms. The Morgan fingerprint density at radius 2 is 2.00 bits per heavy atom. The van der Waals surface area contributed by atoms with Crippen LogP contribution in [0.2, 0.25) is 0 Å². The van der Waals surface area contributed by atoms with Gasteiger partial charge >= 0.3 is 0 Å². The van der Waals surface area contributed by atoms with E-state index in [9.17, 15) is 9.59 Å². The Balaban J connectivity index is 1.83. The molecule has 0 aliphatic rings. The highest BCUT2D eigenvalue weighted by atomic mass is 32.1. The molecule has 136 valence electrons. The van der Waals surface area contributed by atoms with E-state index in [0.717, 1.165) is 5.56 Å². The second-order valence-corrected chi connectivity index (χ2v) is 6.77. The lowest BCUT2D eigenvalue weighted by Gasteiger charge is -2.10. The Hall–Kier alpha value is -2.87. The van der Waals surface area contributed by atoms with Crippen LogP contribution in [0.3, 0.4) is 0 Å². The van der Waals surface area contributed by atoms with Crippen molar-refractivity contribution in [2.75, 3.05) is 14.2 Å². The van der Waals surface area contributed by atoms with Crippen LogP contribution in [0.15, 0.2) is 29.3 Å². The summed E-state index contributed by atoms with van der Waals surface area (Å²) < 4.78 is 11.9. The van der Waals surface area contributed by atoms with E-state index in [1.807, 2.05) is 12.1 Å². The van der Waals surface area contributed by atoms with Crippen molar-refractivity contribution in [2.24, 2.45) is 7.05 Å². The van der Waals surface area contributed by atoms with Gasteiger partial charge in [0.15, 0.2) is 11.5 Å². The van der Waals surface area contributed by atoms with Crippen molar-refractivity contribution in [1.29, 1.82) is 0 Å². The summed E-state index contributed by atoms with van der Waals surface area (Å²) in [4.78, 5) is 30.2. The van der Waals surface area contributed by atoms with Gasteiger partial charge in [0.1, 0.15) is 4.83 Å². The molecule has 0 aliphatic heterocycles. The molecule has 0 unspecified atom stereocenters. The highest BCUT2D eigenvalue weighted by molar-refractivity contribution is 7.20. The van der Waals surface area contributed by atoms with Gasteiger partial charge in [-0.15, -0.1) is 11.3 Å². The van der Waals surface area contributed by atoms with E-state index in [2.05, 4.69) is 10.3 Å². The van der Waals surface area contributed by atoms with E-state index in [4.69, 9.17) is 9.47 Å². The van der Waals surface area contributed by atoms with Crippen LogP contribution in [0.5, 0.6) is 11.5 Å². The zero-order chi connectivity index (χ0) is 18.8. The standard InChI is InChI=1S/C18H19N3O4S/c1-10-14-17(20-9-21(2)18(14)23)26-15(10)16(22)19-8-11-5-6-12(24-3)13(7-11)25-4/h5-7,9H,8H2,1-4H3,(H,19,22). The van der Waals surface area contributed by atoms with E-state index in [0.29, 0.717) is 38.7 Å². The van der Waals surface area contributed by atoms with Gasteiger partial charge in [-0.3, -0.25) is 9.59 Å². The molecule has 3 rings (SSSR count). The Kier molecular flexibility index (Phi) is 4.94. The van der Waals surface area contributed by atoms with Gasteiger partial charge in [0.25, 0.3) is 11.5 Å². The number of carbonyl (C=O) groups is 1. The molecule has 1 amide bonds. The van der Waals surface area contributed by atoms with Crippen LogP contribution in [0.25, 0.3) is 10.2 Å². The predicted molar refractivity (Wildman–Crippen MR) is 100 cm³/mol. The van der Waals surface area contributed by atoms with Gasteiger partial charge in [-0.25, -0.2) is 4.98 Å². The zero-order valence-corrected chi connectivity index (χ0v) is 15.8. The lowest BCUT2D eigenvalue weighted by atomic mass is 10.2.